The molecule has 0 aliphatic carbocycles. The SMILES string of the molecule is c1ccc(-c2ccc(C(c3ccncc3)N3CCCNCC3)cc2)cc1. The van der Waals surface area contributed by atoms with Gasteiger partial charge >= 0.3 is 0 Å². The summed E-state index contributed by atoms with van der Waals surface area (Å²) in [6, 6.07) is 24.2. The van der Waals surface area contributed by atoms with Gasteiger partial charge in [-0.1, -0.05) is 54.6 Å². The van der Waals surface area contributed by atoms with Crippen molar-refractivity contribution in [3.63, 3.8) is 0 Å². The molecule has 1 N–H and O–H groups in total. The molecule has 3 heteroatoms. The van der Waals surface area contributed by atoms with Gasteiger partial charge in [0.1, 0.15) is 0 Å². The number of benzene rings is 2. The summed E-state index contributed by atoms with van der Waals surface area (Å²) in [6.45, 7) is 4.32. The van der Waals surface area contributed by atoms with E-state index in [0.717, 1.165) is 26.2 Å². The highest BCUT2D eigenvalue weighted by atomic mass is 15.2. The van der Waals surface area contributed by atoms with Gasteiger partial charge in [-0.05, 0) is 47.4 Å². The van der Waals surface area contributed by atoms with Crippen LogP contribution in [0.25, 0.3) is 11.1 Å². The number of hydrogen-bond donors (Lipinski definition) is 1. The molecule has 1 fully saturated rings. The van der Waals surface area contributed by atoms with Crippen LogP contribution in [0, 0.1) is 0 Å². The van der Waals surface area contributed by atoms with Crippen molar-refractivity contribution in [3.05, 3.63) is 90.3 Å². The average Bonchev–Trinajstić information content (AvgIpc) is 3.00. The van der Waals surface area contributed by atoms with Crippen LogP contribution in [0.5, 0.6) is 0 Å². The van der Waals surface area contributed by atoms with E-state index >= 15 is 0 Å². The lowest BCUT2D eigenvalue weighted by atomic mass is 9.95. The molecule has 0 saturated carbocycles. The second-order valence-corrected chi connectivity index (χ2v) is 6.81. The summed E-state index contributed by atoms with van der Waals surface area (Å²) in [5.41, 5.74) is 5.19. The Kier molecular flexibility index (Phi) is 5.38. The predicted octanol–water partition coefficient (Wildman–Crippen LogP) is 4.13. The molecule has 1 aliphatic heterocycles. The van der Waals surface area contributed by atoms with Crippen LogP contribution in [0.3, 0.4) is 0 Å². The Labute approximate surface area is 155 Å². The van der Waals surface area contributed by atoms with E-state index in [1.165, 1.54) is 28.7 Å². The lowest BCUT2D eigenvalue weighted by Crippen LogP contribution is -2.33. The van der Waals surface area contributed by atoms with E-state index in [0.29, 0.717) is 0 Å². The summed E-state index contributed by atoms with van der Waals surface area (Å²) < 4.78 is 0. The Balaban J connectivity index is 1.67. The average molecular weight is 343 g/mol. The van der Waals surface area contributed by atoms with E-state index in [1.54, 1.807) is 0 Å². The zero-order valence-corrected chi connectivity index (χ0v) is 15.0. The molecular formula is C23H25N3. The highest BCUT2D eigenvalue weighted by Crippen LogP contribution is 2.30. The summed E-state index contributed by atoms with van der Waals surface area (Å²) in [5, 5.41) is 3.51. The van der Waals surface area contributed by atoms with Crippen LogP contribution in [0.1, 0.15) is 23.6 Å². The summed E-state index contributed by atoms with van der Waals surface area (Å²) >= 11 is 0. The van der Waals surface area contributed by atoms with Gasteiger partial charge in [0.25, 0.3) is 0 Å². The first-order valence-electron chi connectivity index (χ1n) is 9.42. The van der Waals surface area contributed by atoms with Crippen molar-refractivity contribution < 1.29 is 0 Å². The molecule has 1 unspecified atom stereocenters. The fourth-order valence-electron chi connectivity index (χ4n) is 3.77. The maximum absolute atomic E-state index is 4.21. The minimum atomic E-state index is 0.280. The smallest absolute Gasteiger partial charge is 0.0603 e. The van der Waals surface area contributed by atoms with Gasteiger partial charge in [0.05, 0.1) is 6.04 Å². The van der Waals surface area contributed by atoms with Crippen LogP contribution in [0.4, 0.5) is 0 Å². The molecule has 0 spiro atoms. The van der Waals surface area contributed by atoms with Gasteiger partial charge in [0.2, 0.25) is 0 Å². The van der Waals surface area contributed by atoms with E-state index in [-0.39, 0.29) is 6.04 Å². The van der Waals surface area contributed by atoms with Gasteiger partial charge in [-0.2, -0.15) is 0 Å². The van der Waals surface area contributed by atoms with Gasteiger partial charge in [0.15, 0.2) is 0 Å². The van der Waals surface area contributed by atoms with E-state index in [9.17, 15) is 0 Å². The van der Waals surface area contributed by atoms with Crippen molar-refractivity contribution in [2.75, 3.05) is 26.2 Å². The zero-order chi connectivity index (χ0) is 17.6. The molecule has 4 rings (SSSR count). The summed E-state index contributed by atoms with van der Waals surface area (Å²) in [4.78, 5) is 6.80. The molecule has 132 valence electrons. The third-order valence-electron chi connectivity index (χ3n) is 5.10. The van der Waals surface area contributed by atoms with Crippen molar-refractivity contribution in [3.8, 4) is 11.1 Å². The molecule has 3 nitrogen and oxygen atoms in total. The highest BCUT2D eigenvalue weighted by molar-refractivity contribution is 5.63. The van der Waals surface area contributed by atoms with Crippen molar-refractivity contribution in [1.82, 2.24) is 15.2 Å². The van der Waals surface area contributed by atoms with E-state index in [1.807, 2.05) is 12.4 Å². The molecule has 0 bridgehead atoms. The molecule has 0 radical (unpaired) electrons. The largest absolute Gasteiger partial charge is 0.315 e. The van der Waals surface area contributed by atoms with Gasteiger partial charge in [0, 0.05) is 32.0 Å². The van der Waals surface area contributed by atoms with Crippen LogP contribution < -0.4 is 5.32 Å². The van der Waals surface area contributed by atoms with Crippen LogP contribution in [-0.2, 0) is 0 Å². The lowest BCUT2D eigenvalue weighted by Gasteiger charge is -2.31. The molecule has 1 aromatic heterocycles. The van der Waals surface area contributed by atoms with E-state index in [2.05, 4.69) is 81.9 Å². The minimum absolute atomic E-state index is 0.280. The van der Waals surface area contributed by atoms with E-state index in [4.69, 9.17) is 0 Å². The Bertz CT molecular complexity index is 792. The van der Waals surface area contributed by atoms with Crippen molar-refractivity contribution >= 4 is 0 Å². The summed E-state index contributed by atoms with van der Waals surface area (Å²) in [6.07, 6.45) is 4.98. The van der Waals surface area contributed by atoms with Crippen molar-refractivity contribution in [2.45, 2.75) is 12.5 Å². The topological polar surface area (TPSA) is 28.2 Å². The second-order valence-electron chi connectivity index (χ2n) is 6.81. The maximum atomic E-state index is 4.21. The number of pyridine rings is 1. The number of nitrogens with one attached hydrogen (secondary N) is 1. The van der Waals surface area contributed by atoms with Gasteiger partial charge < -0.3 is 5.32 Å². The molecule has 2 heterocycles. The molecule has 1 saturated heterocycles. The Morgan fingerprint density at radius 3 is 2.19 bits per heavy atom. The van der Waals surface area contributed by atoms with Gasteiger partial charge in [-0.25, -0.2) is 0 Å². The molecular weight excluding hydrogens is 318 g/mol. The van der Waals surface area contributed by atoms with Crippen molar-refractivity contribution in [2.24, 2.45) is 0 Å². The number of nitrogens with zero attached hydrogens (tertiary/aromatic N) is 2. The standard InChI is InChI=1S/C23H25N3/c1-2-5-19(6-3-1)20-7-9-21(10-8-20)23(22-11-14-25-15-12-22)26-17-4-13-24-16-18-26/h1-3,5-12,14-15,23-24H,4,13,16-18H2. The number of aromatic nitrogens is 1. The van der Waals surface area contributed by atoms with Gasteiger partial charge in [-0.3, -0.25) is 9.88 Å². The minimum Gasteiger partial charge on any atom is -0.315 e. The molecule has 1 aliphatic rings. The first kappa shape index (κ1) is 17.0. The van der Waals surface area contributed by atoms with Crippen LogP contribution in [-0.4, -0.2) is 36.1 Å². The first-order valence-corrected chi connectivity index (χ1v) is 9.42. The fourth-order valence-corrected chi connectivity index (χ4v) is 3.77. The third kappa shape index (κ3) is 3.85. The Morgan fingerprint density at radius 2 is 1.42 bits per heavy atom. The second kappa shape index (κ2) is 8.26. The number of rotatable bonds is 4. The molecule has 3 aromatic rings. The number of hydrogen-bond acceptors (Lipinski definition) is 3. The highest BCUT2D eigenvalue weighted by Gasteiger charge is 2.23. The first-order chi connectivity index (χ1) is 12.9. The molecule has 1 atom stereocenters. The van der Waals surface area contributed by atoms with Gasteiger partial charge in [-0.15, -0.1) is 0 Å². The van der Waals surface area contributed by atoms with Crippen LogP contribution >= 0.6 is 0 Å². The predicted molar refractivity (Wildman–Crippen MR) is 107 cm³/mol. The zero-order valence-electron chi connectivity index (χ0n) is 15.0. The fraction of sp³-hybridized carbons (Fsp3) is 0.261. The van der Waals surface area contributed by atoms with Crippen molar-refractivity contribution in [1.29, 1.82) is 0 Å². The summed E-state index contributed by atoms with van der Waals surface area (Å²) in [5.74, 6) is 0. The Hall–Kier alpha value is -2.49. The monoisotopic (exact) mass is 343 g/mol. The lowest BCUT2D eigenvalue weighted by molar-refractivity contribution is 0.241. The Morgan fingerprint density at radius 1 is 0.731 bits per heavy atom. The van der Waals surface area contributed by atoms with Crippen LogP contribution in [0.15, 0.2) is 79.1 Å². The maximum Gasteiger partial charge on any atom is 0.0603 e. The third-order valence-corrected chi connectivity index (χ3v) is 5.10. The van der Waals surface area contributed by atoms with E-state index < -0.39 is 0 Å². The quantitative estimate of drug-likeness (QED) is 0.772. The molecule has 26 heavy (non-hydrogen) atoms. The molecule has 2 aromatic carbocycles. The van der Waals surface area contributed by atoms with Crippen LogP contribution in [0.2, 0.25) is 0 Å². The normalized spacial score (nSPS) is 16.8. The molecule has 0 amide bonds. The summed E-state index contributed by atoms with van der Waals surface area (Å²) in [7, 11) is 0.